The van der Waals surface area contributed by atoms with Gasteiger partial charge in [-0.15, -0.1) is 0 Å². The maximum absolute atomic E-state index is 12.6. The van der Waals surface area contributed by atoms with Gasteiger partial charge in [0.05, 0.1) is 0 Å². The van der Waals surface area contributed by atoms with Crippen LogP contribution in [0, 0.1) is 5.92 Å². The lowest BCUT2D eigenvalue weighted by Crippen LogP contribution is -2.18. The molecule has 0 spiro atoms. The van der Waals surface area contributed by atoms with E-state index in [-0.39, 0.29) is 22.9 Å². The second-order valence-corrected chi connectivity index (χ2v) is 9.95. The number of hydrogen-bond acceptors (Lipinski definition) is 4. The van der Waals surface area contributed by atoms with E-state index in [1.165, 1.54) is 17.3 Å². The Hall–Kier alpha value is -1.68. The molecule has 0 amide bonds. The Morgan fingerprint density at radius 1 is 1.19 bits per heavy atom. The average Bonchev–Trinajstić information content (AvgIpc) is 2.71. The van der Waals surface area contributed by atoms with E-state index >= 15 is 0 Å². The number of rotatable bonds is 11. The highest BCUT2D eigenvalue weighted by atomic mass is 32.2. The molecule has 1 N–H and O–H groups in total. The Morgan fingerprint density at radius 2 is 1.90 bits per heavy atom. The molecular formula is C27H40O3S. The van der Waals surface area contributed by atoms with Crippen LogP contribution in [0.5, 0.6) is 11.5 Å². The molecule has 2 atom stereocenters. The van der Waals surface area contributed by atoms with Crippen LogP contribution in [0.15, 0.2) is 35.9 Å². The molecular weight excluding hydrogens is 404 g/mol. The fraction of sp³-hybridized carbons (Fsp3) is 0.593. The highest BCUT2D eigenvalue weighted by molar-refractivity contribution is 8.13. The molecule has 0 saturated heterocycles. The molecule has 0 aliphatic heterocycles. The number of phenols is 1. The van der Waals surface area contributed by atoms with Crippen LogP contribution in [-0.2, 0) is 6.42 Å². The van der Waals surface area contributed by atoms with Crippen molar-refractivity contribution in [2.75, 3.05) is 5.75 Å². The number of hydrogen-bond donors (Lipinski definition) is 1. The fourth-order valence-corrected chi connectivity index (χ4v) is 5.01. The van der Waals surface area contributed by atoms with Crippen molar-refractivity contribution in [2.24, 2.45) is 5.92 Å². The topological polar surface area (TPSA) is 46.5 Å². The Labute approximate surface area is 193 Å². The average molecular weight is 445 g/mol. The van der Waals surface area contributed by atoms with E-state index in [0.29, 0.717) is 5.75 Å². The van der Waals surface area contributed by atoms with Gasteiger partial charge in [-0.05, 0) is 81.3 Å². The largest absolute Gasteiger partial charge is 0.507 e. The summed E-state index contributed by atoms with van der Waals surface area (Å²) in [4.78, 5) is 12.6. The van der Waals surface area contributed by atoms with Crippen LogP contribution in [-0.4, -0.2) is 16.2 Å². The zero-order valence-electron chi connectivity index (χ0n) is 19.8. The Balaban J connectivity index is 2.36. The van der Waals surface area contributed by atoms with E-state index < -0.39 is 0 Å². The molecule has 0 aromatic heterocycles. The van der Waals surface area contributed by atoms with Gasteiger partial charge in [0.1, 0.15) is 11.5 Å². The summed E-state index contributed by atoms with van der Waals surface area (Å²) in [7, 11) is 0. The number of aryl methyl sites for hydroxylation is 1. The quantitative estimate of drug-likeness (QED) is 0.211. The second-order valence-electron chi connectivity index (χ2n) is 8.92. The molecule has 1 aromatic carbocycles. The van der Waals surface area contributed by atoms with Crippen molar-refractivity contribution in [1.29, 1.82) is 0 Å². The van der Waals surface area contributed by atoms with Gasteiger partial charge < -0.3 is 9.84 Å². The van der Waals surface area contributed by atoms with Crippen molar-refractivity contribution in [3.05, 3.63) is 47.1 Å². The molecule has 172 valence electrons. The summed E-state index contributed by atoms with van der Waals surface area (Å²) in [5.41, 5.74) is 4.16. The molecule has 2 rings (SSSR count). The third-order valence-electron chi connectivity index (χ3n) is 6.12. The van der Waals surface area contributed by atoms with Gasteiger partial charge in [-0.2, -0.15) is 0 Å². The van der Waals surface area contributed by atoms with Gasteiger partial charge in [-0.3, -0.25) is 0 Å². The van der Waals surface area contributed by atoms with Gasteiger partial charge in [0.2, 0.25) is 0 Å². The normalized spacial score (nSPS) is 18.5. The maximum atomic E-state index is 12.6. The number of carbonyl (C=O) groups is 1. The first-order valence-electron chi connectivity index (χ1n) is 11.9. The highest BCUT2D eigenvalue weighted by Crippen LogP contribution is 2.47. The summed E-state index contributed by atoms with van der Waals surface area (Å²) in [6.45, 7) is 12.7. The molecule has 1 aliphatic rings. The van der Waals surface area contributed by atoms with Crippen LogP contribution < -0.4 is 4.74 Å². The summed E-state index contributed by atoms with van der Waals surface area (Å²) in [5.74, 6) is 1.72. The number of carbonyl (C=O) groups excluding carboxylic acids is 1. The molecule has 0 fully saturated rings. The van der Waals surface area contributed by atoms with Crippen LogP contribution in [0.25, 0.3) is 0 Å². The summed E-state index contributed by atoms with van der Waals surface area (Å²) in [6.07, 6.45) is 11.7. The number of benzene rings is 1. The van der Waals surface area contributed by atoms with Crippen LogP contribution in [0.2, 0.25) is 0 Å². The van der Waals surface area contributed by atoms with Gasteiger partial charge in [-0.25, -0.2) is 4.79 Å². The van der Waals surface area contributed by atoms with E-state index in [9.17, 15) is 9.90 Å². The van der Waals surface area contributed by atoms with Crippen molar-refractivity contribution in [1.82, 2.24) is 0 Å². The molecule has 4 heteroatoms. The predicted molar refractivity (Wildman–Crippen MR) is 133 cm³/mol. The number of unbranched alkanes of at least 4 members (excludes halogenated alkanes) is 4. The Bertz CT molecular complexity index is 781. The molecule has 0 unspecified atom stereocenters. The third-order valence-corrected chi connectivity index (χ3v) is 6.94. The van der Waals surface area contributed by atoms with Crippen LogP contribution in [0.1, 0.15) is 96.1 Å². The second kappa shape index (κ2) is 13.0. The van der Waals surface area contributed by atoms with Crippen molar-refractivity contribution in [2.45, 2.75) is 91.4 Å². The van der Waals surface area contributed by atoms with Crippen molar-refractivity contribution < 1.29 is 14.6 Å². The number of phenolic OH excluding ortho intramolecular Hbond substituents is 1. The lowest BCUT2D eigenvalue weighted by molar-refractivity contribution is 0.226. The molecule has 1 aromatic rings. The summed E-state index contributed by atoms with van der Waals surface area (Å²) in [6, 6.07) is 3.84. The van der Waals surface area contributed by atoms with E-state index in [4.69, 9.17) is 4.74 Å². The minimum absolute atomic E-state index is 0.0242. The van der Waals surface area contributed by atoms with E-state index in [1.54, 1.807) is 0 Å². The molecule has 3 nitrogen and oxygen atoms in total. The van der Waals surface area contributed by atoms with Crippen LogP contribution in [0.3, 0.4) is 0 Å². The molecule has 31 heavy (non-hydrogen) atoms. The first-order valence-corrected chi connectivity index (χ1v) is 12.9. The first-order chi connectivity index (χ1) is 14.9. The third kappa shape index (κ3) is 7.75. The Kier molecular flexibility index (Phi) is 10.7. The van der Waals surface area contributed by atoms with Crippen LogP contribution >= 0.6 is 11.8 Å². The maximum Gasteiger partial charge on any atom is 0.372 e. The van der Waals surface area contributed by atoms with Gasteiger partial charge in [0.25, 0.3) is 0 Å². The molecule has 0 bridgehead atoms. The zero-order valence-corrected chi connectivity index (χ0v) is 20.7. The molecule has 0 heterocycles. The number of ether oxygens (including phenoxy) is 1. The van der Waals surface area contributed by atoms with Gasteiger partial charge in [-0.1, -0.05) is 63.3 Å². The smallest absolute Gasteiger partial charge is 0.372 e. The van der Waals surface area contributed by atoms with Crippen molar-refractivity contribution in [3.8, 4) is 11.5 Å². The monoisotopic (exact) mass is 444 g/mol. The Morgan fingerprint density at radius 3 is 2.58 bits per heavy atom. The summed E-state index contributed by atoms with van der Waals surface area (Å²) < 4.78 is 5.88. The van der Waals surface area contributed by atoms with Crippen molar-refractivity contribution >= 4 is 17.1 Å². The van der Waals surface area contributed by atoms with E-state index in [1.807, 2.05) is 12.1 Å². The SMILES string of the molecule is C=C(C)[C@@H]1CCC(C)=C[C@H]1c1c(O)cc(CCCCC)cc1OC(=O)SCCCCC. The predicted octanol–water partition coefficient (Wildman–Crippen LogP) is 8.56. The van der Waals surface area contributed by atoms with Gasteiger partial charge in [0.15, 0.2) is 0 Å². The number of thioether (sulfide) groups is 1. The van der Waals surface area contributed by atoms with Crippen LogP contribution in [0.4, 0.5) is 4.79 Å². The first kappa shape index (κ1) is 25.6. The van der Waals surface area contributed by atoms with Gasteiger partial charge >= 0.3 is 5.30 Å². The molecule has 1 aliphatic carbocycles. The van der Waals surface area contributed by atoms with Crippen molar-refractivity contribution in [3.63, 3.8) is 0 Å². The molecule has 0 saturated carbocycles. The lowest BCUT2D eigenvalue weighted by Gasteiger charge is -2.32. The van der Waals surface area contributed by atoms with Gasteiger partial charge in [0, 0.05) is 17.2 Å². The highest BCUT2D eigenvalue weighted by Gasteiger charge is 2.31. The fourth-order valence-electron chi connectivity index (χ4n) is 4.34. The zero-order chi connectivity index (χ0) is 22.8. The number of allylic oxidation sites excluding steroid dienone is 3. The lowest BCUT2D eigenvalue weighted by atomic mass is 9.73. The van der Waals surface area contributed by atoms with E-state index in [0.717, 1.165) is 80.2 Å². The standard InChI is InChI=1S/C27H40O3S/c1-6-8-10-12-21-17-24(28)26(23-16-20(5)13-14-22(23)19(3)4)25(18-21)30-27(29)31-15-11-9-7-2/h16-18,22-23,28H,3,6-15H2,1-2,4-5H3/t22-,23+/m0/s1. The van der Waals surface area contributed by atoms with E-state index in [2.05, 4.69) is 40.3 Å². The summed E-state index contributed by atoms with van der Waals surface area (Å²) >= 11 is 1.23. The molecule has 0 radical (unpaired) electrons. The minimum atomic E-state index is -0.286. The summed E-state index contributed by atoms with van der Waals surface area (Å²) in [5, 5.41) is 10.8. The number of aromatic hydroxyl groups is 1. The minimum Gasteiger partial charge on any atom is -0.507 e.